The van der Waals surface area contributed by atoms with E-state index in [1.165, 1.54) is 103 Å². The van der Waals surface area contributed by atoms with E-state index in [0.29, 0.717) is 23.0 Å². The minimum absolute atomic E-state index is 0.129. The van der Waals surface area contributed by atoms with Crippen LogP contribution in [0.25, 0.3) is 0 Å². The zero-order chi connectivity index (χ0) is 79.7. The molecule has 580 valence electrons. The van der Waals surface area contributed by atoms with Gasteiger partial charge < -0.3 is 24.8 Å². The second kappa shape index (κ2) is 45.4. The number of aromatic amines is 2. The number of phenols is 3. The average Bonchev–Trinajstić information content (AvgIpc) is 1.56. The fourth-order valence-electron chi connectivity index (χ4n) is 11.6. The van der Waals surface area contributed by atoms with E-state index in [1.54, 1.807) is 12.4 Å². The summed E-state index contributed by atoms with van der Waals surface area (Å²) in [5, 5.41) is 64.1. The van der Waals surface area contributed by atoms with Crippen molar-refractivity contribution in [2.24, 2.45) is 11.8 Å². The fourth-order valence-corrected chi connectivity index (χ4v) is 17.9. The minimum atomic E-state index is -1.59. The third kappa shape index (κ3) is 33.8. The molecule has 28 heteroatoms. The number of ether oxygens (including phenoxy) is 2. The largest absolute Gasteiger partial charge is 0.508 e. The number of hydrogen-bond acceptors (Lipinski definition) is 16. The maximum atomic E-state index is 12.1. The predicted octanol–water partition coefficient (Wildman–Crippen LogP) is 17.0. The second-order valence-electron chi connectivity index (χ2n) is 30.8. The van der Waals surface area contributed by atoms with E-state index in [-0.39, 0.29) is 95.3 Å². The molecule has 2 aliphatic rings. The van der Waals surface area contributed by atoms with E-state index in [9.17, 15) is 64.8 Å². The molecular weight excluding hydrogens is 1500 g/mol. The van der Waals surface area contributed by atoms with Gasteiger partial charge in [-0.15, -0.1) is 22.2 Å². The van der Waals surface area contributed by atoms with Gasteiger partial charge in [0, 0.05) is 85.1 Å². The maximum absolute atomic E-state index is 12.1. The number of non-ortho nitro benzene ring substituents is 3. The predicted molar refractivity (Wildman–Crippen MR) is 430 cm³/mol. The Kier molecular flexibility index (Phi) is 39.7. The quantitative estimate of drug-likeness (QED) is 0.00814. The van der Waals surface area contributed by atoms with Crippen molar-refractivity contribution in [1.82, 2.24) is 24.0 Å². The van der Waals surface area contributed by atoms with Gasteiger partial charge in [0.1, 0.15) is 73.1 Å². The van der Waals surface area contributed by atoms with Crippen LogP contribution >= 0.6 is 0 Å². The van der Waals surface area contributed by atoms with Crippen LogP contribution in [0.3, 0.4) is 0 Å². The third-order valence-corrected chi connectivity index (χ3v) is 25.3. The van der Waals surface area contributed by atoms with Crippen LogP contribution in [0.5, 0.6) is 17.2 Å². The molecule has 3 aromatic carbocycles. The molecule has 6 atom stereocenters. The minimum Gasteiger partial charge on any atom is -0.508 e. The molecule has 0 saturated carbocycles. The maximum Gasteiger partial charge on any atom is 0.270 e. The molecule has 7 rings (SSSR count). The monoisotopic (exact) mass is 1620 g/mol. The van der Waals surface area contributed by atoms with Crippen molar-refractivity contribution < 1.29 is 58.7 Å². The number of H-pyrrole nitrogens is 2. The summed E-state index contributed by atoms with van der Waals surface area (Å²) in [4.78, 5) is 85.6. The van der Waals surface area contributed by atoms with Crippen LogP contribution in [0.4, 0.5) is 17.1 Å². The normalized spacial score (nSPS) is 16.7. The summed E-state index contributed by atoms with van der Waals surface area (Å²) in [6, 6.07) is 13.0. The van der Waals surface area contributed by atoms with Crippen LogP contribution in [0.1, 0.15) is 198 Å². The number of nitrogens with one attached hydrogen (secondary N) is 2. The first-order valence-corrected chi connectivity index (χ1v) is 51.7. The number of unbranched alkanes of at least 4 members (excludes halogenated alkanes) is 10. The number of nitrogens with zero attached hydrogens (tertiary/aromatic N) is 6. The molecule has 23 nitrogen and oxygen atoms in total. The van der Waals surface area contributed by atoms with Crippen molar-refractivity contribution in [2.45, 2.75) is 279 Å². The summed E-state index contributed by atoms with van der Waals surface area (Å²) in [6.45, 7) is 37.2. The Balaban J connectivity index is 0.000000367. The molecule has 4 heterocycles. The molecule has 106 heavy (non-hydrogen) atoms. The van der Waals surface area contributed by atoms with E-state index in [2.05, 4.69) is 162 Å². The van der Waals surface area contributed by atoms with Crippen LogP contribution in [-0.2, 0) is 48.3 Å². The third-order valence-electron chi connectivity index (χ3n) is 17.8. The van der Waals surface area contributed by atoms with E-state index >= 15 is 0 Å². The van der Waals surface area contributed by atoms with E-state index in [0.717, 1.165) is 86.7 Å². The average molecular weight is 1620 g/mol. The number of nitro benzene ring substituents is 3. The van der Waals surface area contributed by atoms with Crippen LogP contribution in [-0.4, -0.2) is 98.6 Å². The van der Waals surface area contributed by atoms with Crippen molar-refractivity contribution in [2.75, 3.05) is 0 Å². The number of aromatic hydroxyl groups is 3. The molecular formula is C78H117MoN8O15Si4+. The molecule has 0 amide bonds. The van der Waals surface area contributed by atoms with Gasteiger partial charge in [0.2, 0.25) is 0 Å². The summed E-state index contributed by atoms with van der Waals surface area (Å²) < 4.78 is 17.8. The van der Waals surface area contributed by atoms with Gasteiger partial charge >= 0.3 is 48.1 Å². The number of benzene rings is 3. The Labute approximate surface area is 641 Å². The van der Waals surface area contributed by atoms with Crippen molar-refractivity contribution in [3.63, 3.8) is 0 Å². The van der Waals surface area contributed by atoms with Crippen LogP contribution < -0.4 is 22.5 Å². The standard InChI is InChI=1S/C22H46Si2.C21H18N4O9.2C16H24N2O3Si.C3H5.Mo/c1-7-9-11-13-15-17-19-23(3,4)21-22-24(5,6)20-18-16-14-12-10-8-2;26-19-4-1-16(23(29)30)7-13(19)10-22(11-14-8-17(24(31)32)2-5-20(14)27)12-15-9-18(25(33)34)3-6-21(15)28;2*1-6-13-11(2)9-14(21-13)18-10-12(7-8-22(3,4)5)15(19)17-16(18)20;1-3-2;/h7-20H2,1-6H3;1-9,26-28H,10-12H2;2*10-11,13-14H,6,9H2,1-5H3,(H,17,19,20);3H2,1H3;/q;;;;;+1/t;;2*11-,13-,14-;;/m..11../s1/i;;7+1,8+1;7+1;;. The number of aromatic nitrogens is 4. The fraction of sp³-hybridized carbons (Fsp3) is 0.577. The van der Waals surface area contributed by atoms with Gasteiger partial charge in [0.05, 0.1) is 27.0 Å². The first-order chi connectivity index (χ1) is 49.7. The Morgan fingerprint density at radius 1 is 0.509 bits per heavy atom. The number of rotatable bonds is 27. The van der Waals surface area contributed by atoms with Crippen molar-refractivity contribution in [1.29, 1.82) is 0 Å². The van der Waals surface area contributed by atoms with Gasteiger partial charge in [-0.05, 0) is 67.8 Å². The van der Waals surface area contributed by atoms with Gasteiger partial charge in [0.25, 0.3) is 28.2 Å². The van der Waals surface area contributed by atoms with Gasteiger partial charge in [-0.3, -0.25) is 63.9 Å². The Bertz CT molecular complexity index is 3880. The van der Waals surface area contributed by atoms with Crippen molar-refractivity contribution in [3.8, 4) is 55.5 Å². The van der Waals surface area contributed by atoms with Crippen LogP contribution in [0.2, 0.25) is 77.6 Å². The van der Waals surface area contributed by atoms with E-state index in [4.69, 9.17) is 9.47 Å². The summed E-state index contributed by atoms with van der Waals surface area (Å²) in [6.07, 6.45) is 24.1. The summed E-state index contributed by atoms with van der Waals surface area (Å²) >= 11 is 1.87. The van der Waals surface area contributed by atoms with Crippen molar-refractivity contribution >= 4 is 49.4 Å². The smallest absolute Gasteiger partial charge is 0.270 e. The van der Waals surface area contributed by atoms with Crippen LogP contribution in [0, 0.1) is 80.4 Å². The Morgan fingerprint density at radius 2 is 0.811 bits per heavy atom. The van der Waals surface area contributed by atoms with Gasteiger partial charge in [-0.2, -0.15) is 0 Å². The first kappa shape index (κ1) is 92.7. The summed E-state index contributed by atoms with van der Waals surface area (Å²) in [5.41, 5.74) is 12.4. The van der Waals surface area contributed by atoms with Crippen molar-refractivity contribution in [3.05, 3.63) is 167 Å². The van der Waals surface area contributed by atoms with Gasteiger partial charge in [-0.1, -0.05) is 196 Å². The molecule has 0 radical (unpaired) electrons. The number of phenolic OH excluding ortho intramolecular Hbond substituents is 3. The second-order valence-corrected chi connectivity index (χ2v) is 50.1. The molecule has 5 aromatic rings. The van der Waals surface area contributed by atoms with Gasteiger partial charge in [0.15, 0.2) is 0 Å². The van der Waals surface area contributed by atoms with E-state index in [1.807, 2.05) is 19.2 Å². The van der Waals surface area contributed by atoms with Gasteiger partial charge in [-0.25, -0.2) is 9.59 Å². The Morgan fingerprint density at radius 3 is 1.08 bits per heavy atom. The zero-order valence-corrected chi connectivity index (χ0v) is 71.7. The molecule has 0 spiro atoms. The summed E-state index contributed by atoms with van der Waals surface area (Å²) in [5.74, 6) is 5.87. The Hall–Kier alpha value is -7.48. The molecule has 2 fully saturated rings. The summed E-state index contributed by atoms with van der Waals surface area (Å²) in [7, 11) is -5.72. The SMILES string of the molecule is CCCCCCCC[Si](C)(C)C#C[Si](C)(C)CCCCCCCC.CC[C@H]1O[C@@H](n2cc([13C]#C[Si](C)(C)C)c(=O)[nH]c2=O)C[C@H]1C.CC[C@H]1O[C@@H](n2cc([13C]#[13C][Si](C)(C)C)c(=O)[nH]c2=O)C[C@H]1C.CC[C]#[Mo+].O=[N+]([O-])c1ccc(O)c(CN(Cc2cc([N+](=O)[O-])ccc2O)Cc2cc([N+](=O)[O-])ccc2O)c1. The molecule has 0 unspecified atom stereocenters. The zero-order valence-electron chi connectivity index (χ0n) is 65.7. The van der Waals surface area contributed by atoms with E-state index < -0.39 is 69.6 Å². The molecule has 2 aromatic heterocycles. The molecule has 0 bridgehead atoms. The molecule has 5 N–H and O–H groups in total. The topological polar surface area (TPSA) is 322 Å². The van der Waals surface area contributed by atoms with Crippen LogP contribution in [0.15, 0.2) is 86.2 Å². The molecule has 2 saturated heterocycles. The number of nitro groups is 3. The number of hydrogen-bond donors (Lipinski definition) is 5. The molecule has 0 aliphatic carbocycles. The first-order valence-electron chi connectivity index (χ1n) is 37.3. The molecule has 2 aliphatic heterocycles.